The first-order valence-corrected chi connectivity index (χ1v) is 6.49. The van der Waals surface area contributed by atoms with Gasteiger partial charge in [0.05, 0.1) is 6.20 Å². The Morgan fingerprint density at radius 2 is 1.53 bits per heavy atom. The highest BCUT2D eigenvalue weighted by molar-refractivity contribution is 9.10. The third kappa shape index (κ3) is 2.58. The van der Waals surface area contributed by atoms with Crippen molar-refractivity contribution in [1.82, 2.24) is 4.98 Å². The molecule has 19 heavy (non-hydrogen) atoms. The van der Waals surface area contributed by atoms with Crippen molar-refractivity contribution in [2.45, 2.75) is 0 Å². The van der Waals surface area contributed by atoms with Gasteiger partial charge in [0.1, 0.15) is 5.82 Å². The van der Waals surface area contributed by atoms with Crippen LogP contribution in [0.1, 0.15) is 0 Å². The summed E-state index contributed by atoms with van der Waals surface area (Å²) in [5.41, 5.74) is 1.70. The molecule has 0 unspecified atom stereocenters. The number of aromatic nitrogens is 1. The van der Waals surface area contributed by atoms with E-state index >= 15 is 0 Å². The average molecular weight is 318 g/mol. The maximum atomic E-state index is 12.9. The quantitative estimate of drug-likeness (QED) is 0.671. The van der Waals surface area contributed by atoms with Crippen molar-refractivity contribution in [3.63, 3.8) is 0 Å². The number of hydrogen-bond acceptors (Lipinski definition) is 2. The smallest absolute Gasteiger partial charge is 0.226 e. The Balaban J connectivity index is 1.95. The van der Waals surface area contributed by atoms with Gasteiger partial charge in [-0.3, -0.25) is 0 Å². The van der Waals surface area contributed by atoms with E-state index in [-0.39, 0.29) is 5.82 Å². The highest BCUT2D eigenvalue weighted by Crippen LogP contribution is 2.26. The van der Waals surface area contributed by atoms with Gasteiger partial charge < -0.3 is 4.42 Å². The first-order chi connectivity index (χ1) is 9.22. The van der Waals surface area contributed by atoms with Crippen molar-refractivity contribution in [2.24, 2.45) is 0 Å². The molecular weight excluding hydrogens is 309 g/mol. The molecule has 1 heterocycles. The van der Waals surface area contributed by atoms with Crippen LogP contribution in [0, 0.1) is 5.82 Å². The normalized spacial score (nSPS) is 10.6. The van der Waals surface area contributed by atoms with Crippen LogP contribution in [0.25, 0.3) is 22.8 Å². The number of benzene rings is 2. The lowest BCUT2D eigenvalue weighted by molar-refractivity contribution is 0.588. The van der Waals surface area contributed by atoms with Crippen molar-refractivity contribution in [2.75, 3.05) is 0 Å². The molecule has 2 aromatic carbocycles. The van der Waals surface area contributed by atoms with Crippen LogP contribution >= 0.6 is 15.9 Å². The maximum Gasteiger partial charge on any atom is 0.226 e. The molecule has 0 N–H and O–H groups in total. The Hall–Kier alpha value is -1.94. The summed E-state index contributed by atoms with van der Waals surface area (Å²) in [6.45, 7) is 0. The van der Waals surface area contributed by atoms with E-state index in [0.717, 1.165) is 15.6 Å². The molecule has 0 saturated carbocycles. The molecule has 1 aromatic heterocycles. The second-order valence-corrected chi connectivity index (χ2v) is 4.96. The van der Waals surface area contributed by atoms with Gasteiger partial charge in [-0.05, 0) is 36.4 Å². The summed E-state index contributed by atoms with van der Waals surface area (Å²) >= 11 is 3.38. The van der Waals surface area contributed by atoms with Crippen LogP contribution in [0.5, 0.6) is 0 Å². The molecular formula is C15H9BrFNO. The Kier molecular flexibility index (Phi) is 3.17. The minimum atomic E-state index is -0.275. The lowest BCUT2D eigenvalue weighted by atomic mass is 10.2. The summed E-state index contributed by atoms with van der Waals surface area (Å²) in [6, 6.07) is 13.8. The van der Waals surface area contributed by atoms with Gasteiger partial charge in [0.2, 0.25) is 5.89 Å². The Morgan fingerprint density at radius 3 is 2.21 bits per heavy atom. The lowest BCUT2D eigenvalue weighted by Gasteiger charge is -1.97. The highest BCUT2D eigenvalue weighted by atomic mass is 79.9. The van der Waals surface area contributed by atoms with Gasteiger partial charge in [0, 0.05) is 15.6 Å². The molecule has 0 fully saturated rings. The summed E-state index contributed by atoms with van der Waals surface area (Å²) in [4.78, 5) is 4.21. The van der Waals surface area contributed by atoms with Crippen LogP contribution in [0.3, 0.4) is 0 Å². The van der Waals surface area contributed by atoms with Gasteiger partial charge >= 0.3 is 0 Å². The van der Waals surface area contributed by atoms with E-state index < -0.39 is 0 Å². The molecule has 0 amide bonds. The number of nitrogens with zero attached hydrogens (tertiary/aromatic N) is 1. The first-order valence-electron chi connectivity index (χ1n) is 5.70. The largest absolute Gasteiger partial charge is 0.436 e. The second kappa shape index (κ2) is 4.97. The SMILES string of the molecule is Fc1ccc(-c2ncc(-c3ccc(Br)cc3)o2)cc1. The van der Waals surface area contributed by atoms with Gasteiger partial charge in [-0.2, -0.15) is 0 Å². The molecule has 94 valence electrons. The number of halogens is 2. The van der Waals surface area contributed by atoms with E-state index in [1.807, 2.05) is 24.3 Å². The number of oxazole rings is 1. The van der Waals surface area contributed by atoms with Gasteiger partial charge in [-0.15, -0.1) is 0 Å². The van der Waals surface area contributed by atoms with E-state index in [1.54, 1.807) is 18.3 Å². The molecule has 0 aliphatic rings. The lowest BCUT2D eigenvalue weighted by Crippen LogP contribution is -1.77. The molecule has 0 radical (unpaired) electrons. The van der Waals surface area contributed by atoms with Crippen molar-refractivity contribution < 1.29 is 8.81 Å². The summed E-state index contributed by atoms with van der Waals surface area (Å²) in [7, 11) is 0. The van der Waals surface area contributed by atoms with Gasteiger partial charge in [0.25, 0.3) is 0 Å². The topological polar surface area (TPSA) is 26.0 Å². The number of rotatable bonds is 2. The summed E-state index contributed by atoms with van der Waals surface area (Å²) in [6.07, 6.45) is 1.67. The second-order valence-electron chi connectivity index (χ2n) is 4.04. The monoisotopic (exact) mass is 317 g/mol. The minimum absolute atomic E-state index is 0.275. The molecule has 0 bridgehead atoms. The molecule has 0 aliphatic carbocycles. The van der Waals surface area contributed by atoms with Crippen LogP contribution in [0.15, 0.2) is 63.6 Å². The van der Waals surface area contributed by atoms with E-state index in [0.29, 0.717) is 11.7 Å². The Bertz CT molecular complexity index is 629. The predicted molar refractivity (Wildman–Crippen MR) is 75.0 cm³/mol. The molecule has 4 heteroatoms. The maximum absolute atomic E-state index is 12.9. The minimum Gasteiger partial charge on any atom is -0.436 e. The Morgan fingerprint density at radius 1 is 0.895 bits per heavy atom. The predicted octanol–water partition coefficient (Wildman–Crippen LogP) is 4.91. The van der Waals surface area contributed by atoms with E-state index in [2.05, 4.69) is 20.9 Å². The molecule has 3 aromatic rings. The molecule has 2 nitrogen and oxygen atoms in total. The zero-order valence-corrected chi connectivity index (χ0v) is 11.4. The molecule has 0 aliphatic heterocycles. The van der Waals surface area contributed by atoms with Crippen LogP contribution in [0.2, 0.25) is 0 Å². The fourth-order valence-corrected chi connectivity index (χ4v) is 2.01. The third-order valence-electron chi connectivity index (χ3n) is 2.73. The van der Waals surface area contributed by atoms with E-state index in [1.165, 1.54) is 12.1 Å². The van der Waals surface area contributed by atoms with Crippen LogP contribution in [0.4, 0.5) is 4.39 Å². The summed E-state index contributed by atoms with van der Waals surface area (Å²) in [5.74, 6) is 0.896. The zero-order valence-electron chi connectivity index (χ0n) is 9.81. The Labute approximate surface area is 118 Å². The van der Waals surface area contributed by atoms with Crippen LogP contribution in [-0.2, 0) is 0 Å². The van der Waals surface area contributed by atoms with Gasteiger partial charge in [0.15, 0.2) is 5.76 Å². The van der Waals surface area contributed by atoms with Gasteiger partial charge in [-0.1, -0.05) is 28.1 Å². The van der Waals surface area contributed by atoms with Gasteiger partial charge in [-0.25, -0.2) is 9.37 Å². The van der Waals surface area contributed by atoms with Crippen LogP contribution < -0.4 is 0 Å². The van der Waals surface area contributed by atoms with Crippen molar-refractivity contribution >= 4 is 15.9 Å². The van der Waals surface area contributed by atoms with E-state index in [9.17, 15) is 4.39 Å². The molecule has 3 rings (SSSR count). The highest BCUT2D eigenvalue weighted by Gasteiger charge is 2.08. The van der Waals surface area contributed by atoms with Crippen molar-refractivity contribution in [3.05, 3.63) is 65.0 Å². The molecule has 0 atom stereocenters. The molecule has 0 saturated heterocycles. The zero-order chi connectivity index (χ0) is 13.2. The fraction of sp³-hybridized carbons (Fsp3) is 0. The molecule has 0 spiro atoms. The average Bonchev–Trinajstić information content (AvgIpc) is 2.90. The number of hydrogen-bond donors (Lipinski definition) is 0. The van der Waals surface area contributed by atoms with E-state index in [4.69, 9.17) is 4.42 Å². The summed E-state index contributed by atoms with van der Waals surface area (Å²) in [5, 5.41) is 0. The van der Waals surface area contributed by atoms with Crippen molar-refractivity contribution in [3.8, 4) is 22.8 Å². The standard InChI is InChI=1S/C15H9BrFNO/c16-12-5-1-10(2-6-12)14-9-18-15(19-14)11-3-7-13(17)8-4-11/h1-9H. The van der Waals surface area contributed by atoms with Crippen molar-refractivity contribution in [1.29, 1.82) is 0 Å². The third-order valence-corrected chi connectivity index (χ3v) is 3.25. The first kappa shape index (κ1) is 12.1. The fourth-order valence-electron chi connectivity index (χ4n) is 1.75. The van der Waals surface area contributed by atoms with Crippen LogP contribution in [-0.4, -0.2) is 4.98 Å². The summed E-state index contributed by atoms with van der Waals surface area (Å²) < 4.78 is 19.6.